The van der Waals surface area contributed by atoms with Gasteiger partial charge in [0, 0.05) is 23.2 Å². The first kappa shape index (κ1) is 13.6. The number of fused-ring (bicyclic) bond motifs is 2. The van der Waals surface area contributed by atoms with Crippen LogP contribution in [0, 0.1) is 5.92 Å². The average Bonchev–Trinajstić information content (AvgIpc) is 3.16. The van der Waals surface area contributed by atoms with Crippen molar-refractivity contribution in [2.24, 2.45) is 5.92 Å². The second kappa shape index (κ2) is 5.37. The van der Waals surface area contributed by atoms with Crippen LogP contribution in [0.3, 0.4) is 0 Å². The average molecular weight is 318 g/mol. The Balaban J connectivity index is 1.48. The number of benzene rings is 1. The van der Waals surface area contributed by atoms with Gasteiger partial charge in [0.05, 0.1) is 17.8 Å². The van der Waals surface area contributed by atoms with Gasteiger partial charge in [0.15, 0.2) is 0 Å². The molecule has 0 spiro atoms. The van der Waals surface area contributed by atoms with Crippen LogP contribution in [0.25, 0.3) is 33.3 Å². The largest absolute Gasteiger partial charge is 0.493 e. The molecule has 3 heterocycles. The zero-order valence-corrected chi connectivity index (χ0v) is 13.2. The van der Waals surface area contributed by atoms with E-state index < -0.39 is 0 Å². The third-order valence-corrected chi connectivity index (χ3v) is 4.88. The Kier molecular flexibility index (Phi) is 3.04. The highest BCUT2D eigenvalue weighted by atomic mass is 16.5. The number of nitrogens with one attached hydrogen (secondary N) is 2. The van der Waals surface area contributed by atoms with Gasteiger partial charge in [-0.25, -0.2) is 0 Å². The third kappa shape index (κ3) is 2.24. The lowest BCUT2D eigenvalue weighted by Gasteiger charge is -2.25. The Bertz CT molecular complexity index is 1010. The zero-order valence-electron chi connectivity index (χ0n) is 13.2. The smallest absolute Gasteiger partial charge is 0.135 e. The Morgan fingerprint density at radius 1 is 1.12 bits per heavy atom. The quantitative estimate of drug-likeness (QED) is 0.590. The first-order valence-electron chi connectivity index (χ1n) is 8.42. The van der Waals surface area contributed by atoms with E-state index in [1.807, 2.05) is 18.2 Å². The monoisotopic (exact) mass is 318 g/mol. The summed E-state index contributed by atoms with van der Waals surface area (Å²) >= 11 is 0. The van der Waals surface area contributed by atoms with Crippen LogP contribution < -0.4 is 4.74 Å². The Hall–Kier alpha value is -2.82. The lowest BCUT2D eigenvalue weighted by atomic mass is 9.86. The van der Waals surface area contributed by atoms with Crippen LogP contribution in [0.1, 0.15) is 19.3 Å². The van der Waals surface area contributed by atoms with Gasteiger partial charge >= 0.3 is 0 Å². The van der Waals surface area contributed by atoms with Crippen molar-refractivity contribution in [3.8, 4) is 17.1 Å². The van der Waals surface area contributed by atoms with Gasteiger partial charge in [-0.15, -0.1) is 0 Å². The summed E-state index contributed by atoms with van der Waals surface area (Å²) in [7, 11) is 0. The number of aromatic amines is 2. The van der Waals surface area contributed by atoms with Crippen molar-refractivity contribution in [3.05, 3.63) is 42.6 Å². The predicted octanol–water partition coefficient (Wildman–Crippen LogP) is 4.29. The van der Waals surface area contributed by atoms with Gasteiger partial charge < -0.3 is 9.72 Å². The molecule has 1 saturated carbocycles. The number of hydrogen-bond acceptors (Lipinski definition) is 3. The van der Waals surface area contributed by atoms with E-state index in [9.17, 15) is 0 Å². The minimum Gasteiger partial charge on any atom is -0.493 e. The fraction of sp³-hybridized carbons (Fsp3) is 0.263. The van der Waals surface area contributed by atoms with Crippen molar-refractivity contribution in [2.45, 2.75) is 19.3 Å². The summed E-state index contributed by atoms with van der Waals surface area (Å²) in [4.78, 5) is 7.88. The molecule has 0 aliphatic heterocycles. The maximum Gasteiger partial charge on any atom is 0.135 e. The van der Waals surface area contributed by atoms with E-state index in [1.54, 1.807) is 6.20 Å². The predicted molar refractivity (Wildman–Crippen MR) is 94.0 cm³/mol. The molecular weight excluding hydrogens is 300 g/mol. The molecule has 0 radical (unpaired) electrons. The highest BCUT2D eigenvalue weighted by Crippen LogP contribution is 2.30. The molecule has 3 aromatic heterocycles. The minimum absolute atomic E-state index is 0.737. The number of aromatic nitrogens is 4. The number of ether oxygens (including phenoxy) is 1. The summed E-state index contributed by atoms with van der Waals surface area (Å²) < 4.78 is 5.93. The van der Waals surface area contributed by atoms with Crippen molar-refractivity contribution in [1.82, 2.24) is 20.2 Å². The molecule has 0 atom stereocenters. The molecule has 0 saturated heterocycles. The van der Waals surface area contributed by atoms with Crippen LogP contribution in [0.15, 0.2) is 42.6 Å². The molecule has 1 fully saturated rings. The molecule has 5 rings (SSSR count). The van der Waals surface area contributed by atoms with Crippen LogP contribution in [0.4, 0.5) is 0 Å². The third-order valence-electron chi connectivity index (χ3n) is 4.88. The van der Waals surface area contributed by atoms with Crippen LogP contribution in [0.2, 0.25) is 0 Å². The van der Waals surface area contributed by atoms with Gasteiger partial charge in [0.2, 0.25) is 0 Å². The first-order valence-corrected chi connectivity index (χ1v) is 8.42. The summed E-state index contributed by atoms with van der Waals surface area (Å²) in [6.45, 7) is 0.826. The normalized spacial score (nSPS) is 15.0. The molecule has 120 valence electrons. The molecular formula is C19H18N4O. The lowest BCUT2D eigenvalue weighted by molar-refractivity contribution is 0.181. The highest BCUT2D eigenvalue weighted by molar-refractivity contribution is 5.93. The SMILES string of the molecule is c1cnc2c(-c3cc4ccc(OCC5CCC5)cc4[nH]3)n[nH]c2c1. The summed E-state index contributed by atoms with van der Waals surface area (Å²) in [5, 5.41) is 8.59. The zero-order chi connectivity index (χ0) is 15.9. The summed E-state index contributed by atoms with van der Waals surface area (Å²) in [5.41, 5.74) is 4.69. The van der Waals surface area contributed by atoms with Gasteiger partial charge in [0.1, 0.15) is 17.0 Å². The Morgan fingerprint density at radius 3 is 2.96 bits per heavy atom. The van der Waals surface area contributed by atoms with E-state index in [0.717, 1.165) is 51.6 Å². The van der Waals surface area contributed by atoms with E-state index in [2.05, 4.69) is 38.4 Å². The molecule has 0 bridgehead atoms. The van der Waals surface area contributed by atoms with Crippen molar-refractivity contribution in [1.29, 1.82) is 0 Å². The molecule has 1 aliphatic rings. The van der Waals surface area contributed by atoms with Gasteiger partial charge in [-0.05, 0) is 49.1 Å². The summed E-state index contributed by atoms with van der Waals surface area (Å²) in [6, 6.07) is 12.2. The Labute approximate surface area is 139 Å². The molecule has 0 unspecified atom stereocenters. The number of nitrogens with zero attached hydrogens (tertiary/aromatic N) is 2. The second-order valence-corrected chi connectivity index (χ2v) is 6.51. The van der Waals surface area contributed by atoms with Crippen molar-refractivity contribution < 1.29 is 4.74 Å². The van der Waals surface area contributed by atoms with E-state index in [4.69, 9.17) is 4.74 Å². The molecule has 2 N–H and O–H groups in total. The highest BCUT2D eigenvalue weighted by Gasteiger charge is 2.18. The molecule has 5 heteroatoms. The van der Waals surface area contributed by atoms with Gasteiger partial charge in [0.25, 0.3) is 0 Å². The molecule has 1 aliphatic carbocycles. The van der Waals surface area contributed by atoms with Gasteiger partial charge in [-0.2, -0.15) is 5.10 Å². The molecule has 4 aromatic rings. The van der Waals surface area contributed by atoms with Crippen molar-refractivity contribution >= 4 is 21.9 Å². The van der Waals surface area contributed by atoms with E-state index in [-0.39, 0.29) is 0 Å². The van der Waals surface area contributed by atoms with Crippen molar-refractivity contribution in [3.63, 3.8) is 0 Å². The summed E-state index contributed by atoms with van der Waals surface area (Å²) in [6.07, 6.45) is 5.73. The first-order chi connectivity index (χ1) is 11.9. The standard InChI is InChI=1S/C19H18N4O/c1-3-12(4-1)11-24-14-7-6-13-9-17(21-16(13)10-14)19-18-15(22-23-19)5-2-8-20-18/h2,5-10,12,21H,1,3-4,11H2,(H,22,23). The van der Waals surface area contributed by atoms with Crippen LogP contribution in [0.5, 0.6) is 5.75 Å². The number of H-pyrrole nitrogens is 2. The fourth-order valence-electron chi connectivity index (χ4n) is 3.24. The van der Waals surface area contributed by atoms with Crippen LogP contribution in [-0.4, -0.2) is 26.8 Å². The number of hydrogen-bond donors (Lipinski definition) is 2. The maximum absolute atomic E-state index is 5.93. The number of pyridine rings is 1. The molecule has 0 amide bonds. The Morgan fingerprint density at radius 2 is 2.08 bits per heavy atom. The second-order valence-electron chi connectivity index (χ2n) is 6.51. The molecule has 5 nitrogen and oxygen atoms in total. The van der Waals surface area contributed by atoms with E-state index >= 15 is 0 Å². The van der Waals surface area contributed by atoms with Crippen LogP contribution >= 0.6 is 0 Å². The lowest BCUT2D eigenvalue weighted by Crippen LogP contribution is -2.19. The molecule has 1 aromatic carbocycles. The van der Waals surface area contributed by atoms with Crippen LogP contribution in [-0.2, 0) is 0 Å². The van der Waals surface area contributed by atoms with E-state index in [0.29, 0.717) is 0 Å². The van der Waals surface area contributed by atoms with E-state index in [1.165, 1.54) is 19.3 Å². The maximum atomic E-state index is 5.93. The molecule has 24 heavy (non-hydrogen) atoms. The fourth-order valence-corrected chi connectivity index (χ4v) is 3.24. The summed E-state index contributed by atoms with van der Waals surface area (Å²) in [5.74, 6) is 1.66. The minimum atomic E-state index is 0.737. The van der Waals surface area contributed by atoms with Gasteiger partial charge in [-0.3, -0.25) is 10.1 Å². The van der Waals surface area contributed by atoms with Crippen molar-refractivity contribution in [2.75, 3.05) is 6.61 Å². The topological polar surface area (TPSA) is 66.6 Å². The van der Waals surface area contributed by atoms with Gasteiger partial charge in [-0.1, -0.05) is 6.42 Å². The number of rotatable bonds is 4.